The van der Waals surface area contributed by atoms with Crippen LogP contribution in [0.4, 0.5) is 0 Å². The smallest absolute Gasteiger partial charge is 0.259 e. The summed E-state index contributed by atoms with van der Waals surface area (Å²) in [6.45, 7) is 3.62. The summed E-state index contributed by atoms with van der Waals surface area (Å²) >= 11 is 8.08. The van der Waals surface area contributed by atoms with Crippen LogP contribution in [0.25, 0.3) is 0 Å². The van der Waals surface area contributed by atoms with Crippen molar-refractivity contribution in [3.63, 3.8) is 0 Å². The predicted octanol–water partition coefficient (Wildman–Crippen LogP) is 2.44. The molecule has 0 aromatic rings. The van der Waals surface area contributed by atoms with Gasteiger partial charge in [-0.05, 0) is 41.4 Å². The first-order valence-corrected chi connectivity index (χ1v) is 3.25. The molecular weight excluding hydrogens is 191 g/mol. The van der Waals surface area contributed by atoms with Crippen molar-refractivity contribution in [3.8, 4) is 0 Å². The highest BCUT2D eigenvalue weighted by Crippen LogP contribution is 2.13. The summed E-state index contributed by atoms with van der Waals surface area (Å²) in [6, 6.07) is 0. The minimum atomic E-state index is -0.440. The molecule has 1 nitrogen and oxygen atoms in total. The van der Waals surface area contributed by atoms with Crippen LogP contribution in [-0.4, -0.2) is 5.24 Å². The Kier molecular flexibility index (Phi) is 3.33. The molecule has 0 aromatic carbocycles. The zero-order chi connectivity index (χ0) is 6.73. The topological polar surface area (TPSA) is 17.1 Å². The van der Waals surface area contributed by atoms with E-state index in [0.717, 1.165) is 5.57 Å². The first-order valence-electron chi connectivity index (χ1n) is 2.08. The number of carbonyl (C=O) groups is 1. The molecule has 0 aliphatic rings. The third-order valence-corrected chi connectivity index (χ3v) is 2.18. The van der Waals surface area contributed by atoms with Gasteiger partial charge in [0.25, 0.3) is 5.24 Å². The lowest BCUT2D eigenvalue weighted by atomic mass is 10.3. The molecule has 0 saturated heterocycles. The summed E-state index contributed by atoms with van der Waals surface area (Å²) in [5.41, 5.74) is 0.894. The molecule has 0 aromatic heterocycles. The number of carbonyl (C=O) groups excluding carboxylic acids is 1. The van der Waals surface area contributed by atoms with E-state index < -0.39 is 5.24 Å². The van der Waals surface area contributed by atoms with Crippen molar-refractivity contribution in [2.75, 3.05) is 0 Å². The van der Waals surface area contributed by atoms with Crippen molar-refractivity contribution in [2.24, 2.45) is 0 Å². The Morgan fingerprint density at radius 1 is 1.50 bits per heavy atom. The summed E-state index contributed by atoms with van der Waals surface area (Å²) in [7, 11) is 0. The zero-order valence-electron chi connectivity index (χ0n) is 4.66. The average Bonchev–Trinajstić information content (AvgIpc) is 1.64. The number of hydrogen-bond acceptors (Lipinski definition) is 1. The summed E-state index contributed by atoms with van der Waals surface area (Å²) in [5.74, 6) is 0. The molecule has 0 amide bonds. The SMILES string of the molecule is CC(C)=C(Br)C(=O)Cl. The molecule has 0 spiro atoms. The van der Waals surface area contributed by atoms with E-state index in [-0.39, 0.29) is 0 Å². The maximum atomic E-state index is 10.2. The van der Waals surface area contributed by atoms with E-state index >= 15 is 0 Å². The van der Waals surface area contributed by atoms with E-state index in [0.29, 0.717) is 4.48 Å². The van der Waals surface area contributed by atoms with E-state index in [1.165, 1.54) is 0 Å². The normalized spacial score (nSPS) is 8.50. The maximum absolute atomic E-state index is 10.2. The summed E-state index contributed by atoms with van der Waals surface area (Å²) in [6.07, 6.45) is 0. The van der Waals surface area contributed by atoms with Crippen molar-refractivity contribution in [1.82, 2.24) is 0 Å². The van der Waals surface area contributed by atoms with Gasteiger partial charge in [-0.3, -0.25) is 4.79 Å². The van der Waals surface area contributed by atoms with Gasteiger partial charge in [0.1, 0.15) is 0 Å². The molecule has 46 valence electrons. The Morgan fingerprint density at radius 2 is 1.88 bits per heavy atom. The number of allylic oxidation sites excluding steroid dienone is 2. The summed E-state index contributed by atoms with van der Waals surface area (Å²) < 4.78 is 0.458. The predicted molar refractivity (Wildman–Crippen MR) is 38.2 cm³/mol. The van der Waals surface area contributed by atoms with Crippen LogP contribution in [0.5, 0.6) is 0 Å². The zero-order valence-corrected chi connectivity index (χ0v) is 7.01. The van der Waals surface area contributed by atoms with Crippen molar-refractivity contribution in [1.29, 1.82) is 0 Å². The van der Waals surface area contributed by atoms with Gasteiger partial charge in [-0.25, -0.2) is 0 Å². The monoisotopic (exact) mass is 196 g/mol. The van der Waals surface area contributed by atoms with Gasteiger partial charge in [0, 0.05) is 0 Å². The van der Waals surface area contributed by atoms with Gasteiger partial charge >= 0.3 is 0 Å². The van der Waals surface area contributed by atoms with Gasteiger partial charge in [-0.2, -0.15) is 0 Å². The van der Waals surface area contributed by atoms with Gasteiger partial charge in [0.05, 0.1) is 4.48 Å². The highest BCUT2D eigenvalue weighted by atomic mass is 79.9. The lowest BCUT2D eigenvalue weighted by Gasteiger charge is -1.89. The molecular formula is C5H6BrClO. The number of rotatable bonds is 1. The first kappa shape index (κ1) is 8.18. The van der Waals surface area contributed by atoms with E-state index in [2.05, 4.69) is 15.9 Å². The third-order valence-electron chi connectivity index (χ3n) is 0.612. The summed E-state index contributed by atoms with van der Waals surface area (Å²) in [4.78, 5) is 10.2. The second kappa shape index (κ2) is 3.25. The van der Waals surface area contributed by atoms with Gasteiger partial charge in [-0.15, -0.1) is 0 Å². The molecule has 0 fully saturated rings. The van der Waals surface area contributed by atoms with Gasteiger partial charge in [0.2, 0.25) is 0 Å². The van der Waals surface area contributed by atoms with Crippen LogP contribution >= 0.6 is 27.5 Å². The highest BCUT2D eigenvalue weighted by molar-refractivity contribution is 9.12. The highest BCUT2D eigenvalue weighted by Gasteiger charge is 2.00. The Morgan fingerprint density at radius 3 is 1.88 bits per heavy atom. The molecule has 0 radical (unpaired) electrons. The Labute approximate surface area is 61.8 Å². The molecule has 0 N–H and O–H groups in total. The van der Waals surface area contributed by atoms with E-state index in [4.69, 9.17) is 11.6 Å². The van der Waals surface area contributed by atoms with Crippen molar-refractivity contribution < 1.29 is 4.79 Å². The van der Waals surface area contributed by atoms with Crippen LogP contribution in [0.1, 0.15) is 13.8 Å². The van der Waals surface area contributed by atoms with Crippen LogP contribution in [0.15, 0.2) is 10.1 Å². The second-order valence-corrected chi connectivity index (χ2v) is 2.72. The van der Waals surface area contributed by atoms with Crippen LogP contribution in [0.3, 0.4) is 0 Å². The molecule has 0 unspecified atom stereocenters. The Balaban J connectivity index is 4.23. The molecule has 0 aliphatic carbocycles. The van der Waals surface area contributed by atoms with Gasteiger partial charge in [0.15, 0.2) is 0 Å². The fourth-order valence-corrected chi connectivity index (χ4v) is 0.386. The van der Waals surface area contributed by atoms with Crippen molar-refractivity contribution in [3.05, 3.63) is 10.1 Å². The quantitative estimate of drug-likeness (QED) is 0.466. The Hall–Kier alpha value is 0.180. The van der Waals surface area contributed by atoms with Crippen LogP contribution in [-0.2, 0) is 4.79 Å². The van der Waals surface area contributed by atoms with Crippen LogP contribution < -0.4 is 0 Å². The number of halogens is 2. The maximum Gasteiger partial charge on any atom is 0.259 e. The minimum absolute atomic E-state index is 0.440. The number of hydrogen-bond donors (Lipinski definition) is 0. The molecule has 0 aliphatic heterocycles. The third kappa shape index (κ3) is 2.48. The van der Waals surface area contributed by atoms with Gasteiger partial charge < -0.3 is 0 Å². The molecule has 0 rings (SSSR count). The largest absolute Gasteiger partial charge is 0.275 e. The summed E-state index contributed by atoms with van der Waals surface area (Å²) in [5, 5.41) is -0.440. The average molecular weight is 197 g/mol. The van der Waals surface area contributed by atoms with E-state index in [1.54, 1.807) is 0 Å². The van der Waals surface area contributed by atoms with Crippen molar-refractivity contribution >= 4 is 32.8 Å². The van der Waals surface area contributed by atoms with Crippen molar-refractivity contribution in [2.45, 2.75) is 13.8 Å². The molecule has 0 atom stereocenters. The second-order valence-electron chi connectivity index (χ2n) is 1.59. The molecule has 0 heterocycles. The first-order chi connectivity index (χ1) is 3.55. The Bertz CT molecular complexity index is 135. The lowest BCUT2D eigenvalue weighted by molar-refractivity contribution is -0.107. The lowest BCUT2D eigenvalue weighted by Crippen LogP contribution is -1.85. The fraction of sp³-hybridized carbons (Fsp3) is 0.400. The van der Waals surface area contributed by atoms with Crippen LogP contribution in [0, 0.1) is 0 Å². The van der Waals surface area contributed by atoms with E-state index in [9.17, 15) is 4.79 Å². The van der Waals surface area contributed by atoms with Crippen LogP contribution in [0.2, 0.25) is 0 Å². The van der Waals surface area contributed by atoms with E-state index in [1.807, 2.05) is 13.8 Å². The molecule has 0 saturated carbocycles. The fourth-order valence-electron chi connectivity index (χ4n) is 0.197. The molecule has 8 heavy (non-hydrogen) atoms. The minimum Gasteiger partial charge on any atom is -0.275 e. The molecule has 0 bridgehead atoms. The standard InChI is InChI=1S/C5H6BrClO/c1-3(2)4(6)5(7)8/h1-2H3. The van der Waals surface area contributed by atoms with Gasteiger partial charge in [-0.1, -0.05) is 5.57 Å². The molecule has 3 heteroatoms.